The molecule has 25 heavy (non-hydrogen) atoms. The highest BCUT2D eigenvalue weighted by molar-refractivity contribution is 5.78. The zero-order valence-electron chi connectivity index (χ0n) is 14.4. The topological polar surface area (TPSA) is 41.1 Å². The second-order valence-electron chi connectivity index (χ2n) is 7.32. The van der Waals surface area contributed by atoms with Crippen LogP contribution in [0, 0.1) is 0 Å². The maximum Gasteiger partial charge on any atom is 0.0958 e. The minimum Gasteiger partial charge on any atom is -0.370 e. The molecule has 1 N–H and O–H groups in total. The molecular weight excluding hydrogens is 310 g/mol. The molecule has 2 aliphatic heterocycles. The molecule has 1 saturated heterocycles. The van der Waals surface area contributed by atoms with Crippen LogP contribution in [0.4, 0.5) is 0 Å². The van der Waals surface area contributed by atoms with Gasteiger partial charge in [0.25, 0.3) is 0 Å². The van der Waals surface area contributed by atoms with Crippen molar-refractivity contribution < 1.29 is 4.74 Å². The van der Waals surface area contributed by atoms with Gasteiger partial charge in [-0.15, -0.1) is 0 Å². The molecule has 128 valence electrons. The fourth-order valence-electron chi connectivity index (χ4n) is 4.44. The number of aromatic amines is 1. The summed E-state index contributed by atoms with van der Waals surface area (Å²) in [7, 11) is 0. The van der Waals surface area contributed by atoms with Crippen LogP contribution in [0.3, 0.4) is 0 Å². The summed E-state index contributed by atoms with van der Waals surface area (Å²) in [6, 6.07) is 15.4. The summed E-state index contributed by atoms with van der Waals surface area (Å²) in [4.78, 5) is 2.55. The van der Waals surface area contributed by atoms with Crippen molar-refractivity contribution in [1.82, 2.24) is 15.1 Å². The molecule has 0 amide bonds. The Balaban J connectivity index is 1.31. The number of aromatic nitrogens is 2. The van der Waals surface area contributed by atoms with Crippen molar-refractivity contribution in [3.8, 4) is 0 Å². The van der Waals surface area contributed by atoms with Crippen LogP contribution in [0.15, 0.2) is 48.7 Å². The first-order chi connectivity index (χ1) is 12.3. The molecular formula is C21H23N3O. The number of rotatable bonds is 2. The van der Waals surface area contributed by atoms with E-state index < -0.39 is 0 Å². The molecule has 2 aromatic carbocycles. The van der Waals surface area contributed by atoms with Gasteiger partial charge in [-0.2, -0.15) is 5.10 Å². The van der Waals surface area contributed by atoms with Gasteiger partial charge >= 0.3 is 0 Å². The number of hydrogen-bond acceptors (Lipinski definition) is 3. The molecule has 3 aromatic rings. The van der Waals surface area contributed by atoms with Gasteiger partial charge < -0.3 is 4.74 Å². The first-order valence-electron chi connectivity index (χ1n) is 9.19. The lowest BCUT2D eigenvalue weighted by Crippen LogP contribution is -2.46. The molecule has 0 radical (unpaired) electrons. The molecule has 5 rings (SSSR count). The van der Waals surface area contributed by atoms with Crippen molar-refractivity contribution in [3.05, 3.63) is 65.4 Å². The maximum atomic E-state index is 6.34. The van der Waals surface area contributed by atoms with Crippen molar-refractivity contribution in [2.24, 2.45) is 0 Å². The Bertz CT molecular complexity index is 893. The molecule has 0 unspecified atom stereocenters. The molecule has 2 aliphatic rings. The Kier molecular flexibility index (Phi) is 3.61. The molecule has 0 atom stereocenters. The third kappa shape index (κ3) is 2.66. The Morgan fingerprint density at radius 2 is 2.00 bits per heavy atom. The molecule has 1 fully saturated rings. The van der Waals surface area contributed by atoms with Crippen LogP contribution in [0.25, 0.3) is 10.9 Å². The van der Waals surface area contributed by atoms with Gasteiger partial charge in [0.15, 0.2) is 0 Å². The van der Waals surface area contributed by atoms with Crippen molar-refractivity contribution >= 4 is 10.9 Å². The molecule has 0 aliphatic carbocycles. The number of nitrogens with zero attached hydrogens (tertiary/aromatic N) is 2. The normalized spacial score (nSPS) is 20.0. The Labute approximate surface area is 147 Å². The van der Waals surface area contributed by atoms with Gasteiger partial charge in [-0.1, -0.05) is 36.4 Å². The summed E-state index contributed by atoms with van der Waals surface area (Å²) >= 11 is 0. The van der Waals surface area contributed by atoms with Gasteiger partial charge in [0.05, 0.1) is 23.9 Å². The molecule has 0 saturated carbocycles. The smallest absolute Gasteiger partial charge is 0.0958 e. The number of hydrogen-bond donors (Lipinski definition) is 1. The van der Waals surface area contributed by atoms with Crippen molar-refractivity contribution in [1.29, 1.82) is 0 Å². The van der Waals surface area contributed by atoms with Crippen LogP contribution >= 0.6 is 0 Å². The number of fused-ring (bicyclic) bond motifs is 3. The number of benzene rings is 2. The molecule has 4 nitrogen and oxygen atoms in total. The molecule has 3 heterocycles. The van der Waals surface area contributed by atoms with Gasteiger partial charge in [0, 0.05) is 25.0 Å². The van der Waals surface area contributed by atoms with E-state index in [0.29, 0.717) is 0 Å². The number of nitrogens with one attached hydrogen (secondary N) is 1. The van der Waals surface area contributed by atoms with E-state index in [9.17, 15) is 0 Å². The maximum absolute atomic E-state index is 6.34. The zero-order chi connectivity index (χ0) is 16.7. The SMILES string of the molecule is c1ccc2c(c1)CCOC21CCN(Cc2ccc3cn[nH]c3c2)CC1. The van der Waals surface area contributed by atoms with E-state index in [2.05, 4.69) is 57.6 Å². The lowest BCUT2D eigenvalue weighted by molar-refractivity contribution is -0.0989. The van der Waals surface area contributed by atoms with Gasteiger partial charge in [0.1, 0.15) is 0 Å². The Morgan fingerprint density at radius 1 is 1.12 bits per heavy atom. The van der Waals surface area contributed by atoms with Crippen LogP contribution in [0.5, 0.6) is 0 Å². The molecule has 0 bridgehead atoms. The predicted molar refractivity (Wildman–Crippen MR) is 98.4 cm³/mol. The summed E-state index contributed by atoms with van der Waals surface area (Å²) in [5.41, 5.74) is 5.32. The third-order valence-electron chi connectivity index (χ3n) is 5.83. The lowest BCUT2D eigenvalue weighted by Gasteiger charge is -2.45. The Hall–Kier alpha value is -2.17. The second kappa shape index (κ2) is 5.97. The van der Waals surface area contributed by atoms with Crippen molar-refractivity contribution in [3.63, 3.8) is 0 Å². The van der Waals surface area contributed by atoms with Gasteiger partial charge in [-0.25, -0.2) is 0 Å². The number of likely N-dealkylation sites (tertiary alicyclic amines) is 1. The van der Waals surface area contributed by atoms with Crippen molar-refractivity contribution in [2.75, 3.05) is 19.7 Å². The van der Waals surface area contributed by atoms with Crippen LogP contribution in [0.1, 0.15) is 29.5 Å². The first-order valence-corrected chi connectivity index (χ1v) is 9.19. The summed E-state index contributed by atoms with van der Waals surface area (Å²) in [6.45, 7) is 4.00. The van der Waals surface area contributed by atoms with Gasteiger partial charge in [-0.05, 0) is 42.0 Å². The summed E-state index contributed by atoms with van der Waals surface area (Å²) in [5.74, 6) is 0. The number of ether oxygens (including phenoxy) is 1. The van der Waals surface area contributed by atoms with E-state index in [1.807, 2.05) is 6.20 Å². The average molecular weight is 333 g/mol. The third-order valence-corrected chi connectivity index (χ3v) is 5.83. The van der Waals surface area contributed by atoms with E-state index in [1.165, 1.54) is 22.1 Å². The van der Waals surface area contributed by atoms with Crippen molar-refractivity contribution in [2.45, 2.75) is 31.4 Å². The van der Waals surface area contributed by atoms with Crippen LogP contribution in [-0.2, 0) is 23.3 Å². The van der Waals surface area contributed by atoms with Gasteiger partial charge in [-0.3, -0.25) is 10.00 Å². The summed E-state index contributed by atoms with van der Waals surface area (Å²) < 4.78 is 6.34. The minimum absolute atomic E-state index is 0.0569. The fraction of sp³-hybridized carbons (Fsp3) is 0.381. The quantitative estimate of drug-likeness (QED) is 0.779. The largest absolute Gasteiger partial charge is 0.370 e. The van der Waals surface area contributed by atoms with Crippen LogP contribution < -0.4 is 0 Å². The standard InChI is InChI=1S/C21H23N3O/c1-2-4-19-17(3-1)7-12-25-21(19)8-10-24(11-9-21)15-16-5-6-18-14-22-23-20(18)13-16/h1-6,13-14H,7-12,15H2,(H,22,23). The molecule has 4 heteroatoms. The highest BCUT2D eigenvalue weighted by Crippen LogP contribution is 2.41. The minimum atomic E-state index is -0.0569. The average Bonchev–Trinajstić information content (AvgIpc) is 3.12. The highest BCUT2D eigenvalue weighted by Gasteiger charge is 2.40. The summed E-state index contributed by atoms with van der Waals surface area (Å²) in [6.07, 6.45) is 5.08. The number of H-pyrrole nitrogens is 1. The molecule has 1 spiro atoms. The van der Waals surface area contributed by atoms with E-state index in [0.717, 1.165) is 51.0 Å². The van der Waals surface area contributed by atoms with E-state index in [-0.39, 0.29) is 5.60 Å². The number of piperidine rings is 1. The lowest BCUT2D eigenvalue weighted by atomic mass is 9.79. The van der Waals surface area contributed by atoms with Crippen LogP contribution in [-0.4, -0.2) is 34.8 Å². The predicted octanol–water partition coefficient (Wildman–Crippen LogP) is 3.63. The molecule has 1 aromatic heterocycles. The first kappa shape index (κ1) is 15.1. The second-order valence-corrected chi connectivity index (χ2v) is 7.32. The Morgan fingerprint density at radius 3 is 2.92 bits per heavy atom. The van der Waals surface area contributed by atoms with Crippen LogP contribution in [0.2, 0.25) is 0 Å². The van der Waals surface area contributed by atoms with E-state index in [4.69, 9.17) is 4.74 Å². The van der Waals surface area contributed by atoms with E-state index >= 15 is 0 Å². The van der Waals surface area contributed by atoms with E-state index in [1.54, 1.807) is 0 Å². The van der Waals surface area contributed by atoms with Gasteiger partial charge in [0.2, 0.25) is 0 Å². The fourth-order valence-corrected chi connectivity index (χ4v) is 4.44. The zero-order valence-corrected chi connectivity index (χ0v) is 14.4. The summed E-state index contributed by atoms with van der Waals surface area (Å²) in [5, 5.41) is 8.35. The highest BCUT2D eigenvalue weighted by atomic mass is 16.5. The monoisotopic (exact) mass is 333 g/mol.